The average Bonchev–Trinajstić information content (AvgIpc) is 2.53. The van der Waals surface area contributed by atoms with E-state index in [2.05, 4.69) is 0 Å². The predicted octanol–water partition coefficient (Wildman–Crippen LogP) is 4.69. The molecule has 3 nitrogen and oxygen atoms in total. The molecule has 0 aliphatic rings. The van der Waals surface area contributed by atoms with Gasteiger partial charge in [-0.25, -0.2) is 0 Å². The largest absolute Gasteiger partial charge is 0.493 e. The predicted molar refractivity (Wildman–Crippen MR) is 93.3 cm³/mol. The minimum absolute atomic E-state index is 0.0190. The second-order valence-electron chi connectivity index (χ2n) is 5.56. The summed E-state index contributed by atoms with van der Waals surface area (Å²) >= 11 is 0. The number of carbonyl (C=O) groups excluding carboxylic acids is 1. The highest BCUT2D eigenvalue weighted by Crippen LogP contribution is 2.33. The smallest absolute Gasteiger partial charge is 0.186 e. The molecule has 0 fully saturated rings. The monoisotopic (exact) mass is 310 g/mol. The molecule has 0 aliphatic heterocycles. The molecule has 0 atom stereocenters. The van der Waals surface area contributed by atoms with Crippen LogP contribution in [0, 0.1) is 6.92 Å². The second kappa shape index (κ2) is 7.63. The van der Waals surface area contributed by atoms with Crippen molar-refractivity contribution in [2.24, 2.45) is 0 Å². The zero-order valence-corrected chi connectivity index (χ0v) is 14.0. The van der Waals surface area contributed by atoms with Crippen molar-refractivity contribution in [3.8, 4) is 11.5 Å². The molecule has 120 valence electrons. The SMILES string of the molecule is COc1cccc(/C=C/C(=O)c2ccccc2C)c1OC(C)C. The average molecular weight is 310 g/mol. The molecule has 0 aliphatic carbocycles. The van der Waals surface area contributed by atoms with Gasteiger partial charge in [0, 0.05) is 11.1 Å². The summed E-state index contributed by atoms with van der Waals surface area (Å²) in [6.45, 7) is 5.84. The summed E-state index contributed by atoms with van der Waals surface area (Å²) in [6, 6.07) is 13.2. The van der Waals surface area contributed by atoms with Crippen molar-refractivity contribution < 1.29 is 14.3 Å². The van der Waals surface area contributed by atoms with E-state index in [0.29, 0.717) is 17.1 Å². The van der Waals surface area contributed by atoms with E-state index in [0.717, 1.165) is 11.1 Å². The van der Waals surface area contributed by atoms with E-state index < -0.39 is 0 Å². The summed E-state index contributed by atoms with van der Waals surface area (Å²) in [5.41, 5.74) is 2.49. The van der Waals surface area contributed by atoms with Crippen LogP contribution in [0.2, 0.25) is 0 Å². The van der Waals surface area contributed by atoms with Crippen LogP contribution in [0.1, 0.15) is 35.3 Å². The molecule has 0 N–H and O–H groups in total. The molecule has 0 radical (unpaired) electrons. The number of rotatable bonds is 6. The van der Waals surface area contributed by atoms with Crippen LogP contribution in [-0.2, 0) is 0 Å². The lowest BCUT2D eigenvalue weighted by Gasteiger charge is -2.15. The number of aryl methyl sites for hydroxylation is 1. The first kappa shape index (κ1) is 16.8. The number of para-hydroxylation sites is 1. The quantitative estimate of drug-likeness (QED) is 0.573. The maximum atomic E-state index is 12.4. The van der Waals surface area contributed by atoms with Crippen LogP contribution in [-0.4, -0.2) is 19.0 Å². The van der Waals surface area contributed by atoms with E-state index in [4.69, 9.17) is 9.47 Å². The Hall–Kier alpha value is -2.55. The zero-order valence-electron chi connectivity index (χ0n) is 14.0. The fourth-order valence-corrected chi connectivity index (χ4v) is 2.29. The summed E-state index contributed by atoms with van der Waals surface area (Å²) in [5.74, 6) is 1.28. The second-order valence-corrected chi connectivity index (χ2v) is 5.56. The lowest BCUT2D eigenvalue weighted by atomic mass is 10.0. The Morgan fingerprint density at radius 3 is 2.48 bits per heavy atom. The Morgan fingerprint density at radius 1 is 1.09 bits per heavy atom. The Balaban J connectivity index is 2.32. The summed E-state index contributed by atoms with van der Waals surface area (Å²) in [6.07, 6.45) is 3.37. The van der Waals surface area contributed by atoms with Crippen LogP contribution >= 0.6 is 0 Å². The molecular formula is C20H22O3. The van der Waals surface area contributed by atoms with Gasteiger partial charge in [0.2, 0.25) is 0 Å². The molecule has 0 amide bonds. The highest BCUT2D eigenvalue weighted by Gasteiger charge is 2.11. The molecule has 0 spiro atoms. The van der Waals surface area contributed by atoms with Gasteiger partial charge in [-0.2, -0.15) is 0 Å². The molecule has 0 aromatic heterocycles. The van der Waals surface area contributed by atoms with Crippen molar-refractivity contribution in [2.75, 3.05) is 7.11 Å². The topological polar surface area (TPSA) is 35.5 Å². The van der Waals surface area contributed by atoms with Gasteiger partial charge in [-0.05, 0) is 44.6 Å². The van der Waals surface area contributed by atoms with Gasteiger partial charge < -0.3 is 9.47 Å². The normalized spacial score (nSPS) is 11.0. The molecule has 0 saturated heterocycles. The van der Waals surface area contributed by atoms with E-state index in [-0.39, 0.29) is 11.9 Å². The highest BCUT2D eigenvalue weighted by atomic mass is 16.5. The Kier molecular flexibility index (Phi) is 5.58. The first-order chi connectivity index (χ1) is 11.0. The van der Waals surface area contributed by atoms with E-state index >= 15 is 0 Å². The van der Waals surface area contributed by atoms with Gasteiger partial charge in [-0.3, -0.25) is 4.79 Å². The third-order valence-corrected chi connectivity index (χ3v) is 3.41. The number of methoxy groups -OCH3 is 1. The van der Waals surface area contributed by atoms with E-state index in [1.807, 2.05) is 63.2 Å². The number of ether oxygens (including phenoxy) is 2. The van der Waals surface area contributed by atoms with Crippen LogP contribution < -0.4 is 9.47 Å². The summed E-state index contributed by atoms with van der Waals surface area (Å²) in [5, 5.41) is 0. The number of benzene rings is 2. The van der Waals surface area contributed by atoms with Crippen molar-refractivity contribution in [1.29, 1.82) is 0 Å². The molecule has 0 heterocycles. The van der Waals surface area contributed by atoms with Gasteiger partial charge in [0.05, 0.1) is 13.2 Å². The standard InChI is InChI=1S/C20H22O3/c1-14(2)23-20-16(9-7-11-19(20)22-4)12-13-18(21)17-10-6-5-8-15(17)3/h5-14H,1-4H3/b13-12+. The first-order valence-electron chi connectivity index (χ1n) is 7.64. The Morgan fingerprint density at radius 2 is 1.83 bits per heavy atom. The van der Waals surface area contributed by atoms with Gasteiger partial charge in [-0.15, -0.1) is 0 Å². The van der Waals surface area contributed by atoms with Crippen LogP contribution in [0.25, 0.3) is 6.08 Å². The van der Waals surface area contributed by atoms with Crippen molar-refractivity contribution in [3.05, 3.63) is 65.2 Å². The number of hydrogen-bond donors (Lipinski definition) is 0. The molecule has 0 unspecified atom stereocenters. The number of carbonyl (C=O) groups is 1. The molecule has 0 bridgehead atoms. The molecule has 3 heteroatoms. The van der Waals surface area contributed by atoms with Crippen LogP contribution in [0.15, 0.2) is 48.5 Å². The first-order valence-corrected chi connectivity index (χ1v) is 7.64. The van der Waals surface area contributed by atoms with Gasteiger partial charge in [0.25, 0.3) is 0 Å². The highest BCUT2D eigenvalue weighted by molar-refractivity contribution is 6.07. The van der Waals surface area contributed by atoms with Crippen molar-refractivity contribution in [2.45, 2.75) is 26.9 Å². The van der Waals surface area contributed by atoms with Gasteiger partial charge in [0.1, 0.15) is 0 Å². The van der Waals surface area contributed by atoms with Crippen LogP contribution in [0.3, 0.4) is 0 Å². The van der Waals surface area contributed by atoms with Crippen molar-refractivity contribution >= 4 is 11.9 Å². The van der Waals surface area contributed by atoms with Crippen LogP contribution in [0.4, 0.5) is 0 Å². The molecule has 0 saturated carbocycles. The number of ketones is 1. The molecule has 23 heavy (non-hydrogen) atoms. The van der Waals surface area contributed by atoms with Gasteiger partial charge in [-0.1, -0.05) is 36.4 Å². The number of allylic oxidation sites excluding steroid dienone is 1. The van der Waals surface area contributed by atoms with Crippen LogP contribution in [0.5, 0.6) is 11.5 Å². The fraction of sp³-hybridized carbons (Fsp3) is 0.250. The summed E-state index contributed by atoms with van der Waals surface area (Å²) in [7, 11) is 1.61. The summed E-state index contributed by atoms with van der Waals surface area (Å²) in [4.78, 5) is 12.4. The minimum atomic E-state index is -0.0265. The maximum Gasteiger partial charge on any atom is 0.186 e. The Labute approximate surface area is 137 Å². The molecular weight excluding hydrogens is 288 g/mol. The van der Waals surface area contributed by atoms with E-state index in [1.165, 1.54) is 0 Å². The zero-order chi connectivity index (χ0) is 16.8. The lowest BCUT2D eigenvalue weighted by Crippen LogP contribution is -2.08. The third-order valence-electron chi connectivity index (χ3n) is 3.41. The Bertz CT molecular complexity index is 715. The van der Waals surface area contributed by atoms with E-state index in [1.54, 1.807) is 19.3 Å². The van der Waals surface area contributed by atoms with E-state index in [9.17, 15) is 4.79 Å². The number of hydrogen-bond acceptors (Lipinski definition) is 3. The lowest BCUT2D eigenvalue weighted by molar-refractivity contribution is 0.104. The third kappa shape index (κ3) is 4.22. The molecule has 2 rings (SSSR count). The van der Waals surface area contributed by atoms with Gasteiger partial charge in [0.15, 0.2) is 17.3 Å². The molecule has 2 aromatic rings. The maximum absolute atomic E-state index is 12.4. The van der Waals surface area contributed by atoms with Crippen molar-refractivity contribution in [3.63, 3.8) is 0 Å². The van der Waals surface area contributed by atoms with Crippen molar-refractivity contribution in [1.82, 2.24) is 0 Å². The van der Waals surface area contributed by atoms with Gasteiger partial charge >= 0.3 is 0 Å². The minimum Gasteiger partial charge on any atom is -0.493 e. The fourth-order valence-electron chi connectivity index (χ4n) is 2.29. The molecule has 2 aromatic carbocycles. The summed E-state index contributed by atoms with van der Waals surface area (Å²) < 4.78 is 11.2.